The highest BCUT2D eigenvalue weighted by Crippen LogP contribution is 2.38. The van der Waals surface area contributed by atoms with Crippen molar-refractivity contribution in [2.45, 2.75) is 51.4 Å². The number of hydrogen-bond acceptors (Lipinski definition) is 0. The van der Waals surface area contributed by atoms with Crippen molar-refractivity contribution in [3.05, 3.63) is 35.1 Å². The van der Waals surface area contributed by atoms with Gasteiger partial charge in [0.15, 0.2) is 0 Å². The quantitative estimate of drug-likeness (QED) is 0.639. The molecule has 0 aliphatic heterocycles. The molecule has 0 unspecified atom stereocenters. The second-order valence-corrected chi connectivity index (χ2v) is 5.62. The van der Waals surface area contributed by atoms with Crippen LogP contribution in [0.2, 0.25) is 0 Å². The van der Waals surface area contributed by atoms with Crippen molar-refractivity contribution in [1.82, 2.24) is 0 Å². The fraction of sp³-hybridized carbons (Fsp3) is 0.571. The van der Waals surface area contributed by atoms with Crippen LogP contribution < -0.4 is 0 Å². The van der Waals surface area contributed by atoms with Crippen molar-refractivity contribution in [1.29, 1.82) is 0 Å². The van der Waals surface area contributed by atoms with Gasteiger partial charge in [0.1, 0.15) is 5.82 Å². The third-order valence-corrected chi connectivity index (χ3v) is 3.38. The van der Waals surface area contributed by atoms with E-state index < -0.39 is 0 Å². The van der Waals surface area contributed by atoms with Crippen molar-refractivity contribution in [3.63, 3.8) is 0 Å². The summed E-state index contributed by atoms with van der Waals surface area (Å²) in [5, 5.41) is 0. The Kier molecular flexibility index (Phi) is 2.57. The maximum atomic E-state index is 13.7. The zero-order valence-corrected chi connectivity index (χ0v) is 9.81. The summed E-state index contributed by atoms with van der Waals surface area (Å²) in [6.07, 6.45) is 3.87. The Morgan fingerprint density at radius 2 is 1.87 bits per heavy atom. The zero-order valence-electron chi connectivity index (χ0n) is 9.81. The van der Waals surface area contributed by atoms with Crippen LogP contribution in [0, 0.1) is 5.82 Å². The lowest BCUT2D eigenvalue weighted by Crippen LogP contribution is -2.16. The summed E-state index contributed by atoms with van der Waals surface area (Å²) in [7, 11) is 0. The summed E-state index contributed by atoms with van der Waals surface area (Å²) < 4.78 is 13.7. The van der Waals surface area contributed by atoms with E-state index in [1.807, 2.05) is 6.07 Å². The van der Waals surface area contributed by atoms with Gasteiger partial charge in [-0.1, -0.05) is 39.3 Å². The van der Waals surface area contributed by atoms with E-state index in [0.29, 0.717) is 5.92 Å². The number of rotatable bonds is 1. The number of hydrogen-bond donors (Lipinski definition) is 0. The minimum Gasteiger partial charge on any atom is -0.207 e. The first-order chi connectivity index (χ1) is 6.98. The molecule has 15 heavy (non-hydrogen) atoms. The molecule has 0 aromatic heterocycles. The van der Waals surface area contributed by atoms with Crippen molar-refractivity contribution in [3.8, 4) is 0 Å². The van der Waals surface area contributed by atoms with Crippen LogP contribution in [0.1, 0.15) is 57.1 Å². The first kappa shape index (κ1) is 10.7. The van der Waals surface area contributed by atoms with Gasteiger partial charge in [-0.25, -0.2) is 4.39 Å². The summed E-state index contributed by atoms with van der Waals surface area (Å²) in [6, 6.07) is 5.65. The molecule has 0 atom stereocenters. The molecular weight excluding hydrogens is 187 g/mol. The topological polar surface area (TPSA) is 0 Å². The lowest BCUT2D eigenvalue weighted by Gasteiger charge is -2.28. The van der Waals surface area contributed by atoms with Gasteiger partial charge in [-0.15, -0.1) is 0 Å². The molecule has 82 valence electrons. The molecule has 2 rings (SSSR count). The van der Waals surface area contributed by atoms with E-state index in [0.717, 1.165) is 5.56 Å². The molecule has 0 radical (unpaired) electrons. The predicted molar refractivity (Wildman–Crippen MR) is 61.7 cm³/mol. The van der Waals surface area contributed by atoms with E-state index in [4.69, 9.17) is 0 Å². The maximum Gasteiger partial charge on any atom is 0.126 e. The lowest BCUT2D eigenvalue weighted by molar-refractivity contribution is 0.417. The summed E-state index contributed by atoms with van der Waals surface area (Å²) in [5.41, 5.74) is 2.09. The van der Waals surface area contributed by atoms with Crippen LogP contribution in [0.5, 0.6) is 0 Å². The average Bonchev–Trinajstić information content (AvgIpc) is 2.03. The summed E-state index contributed by atoms with van der Waals surface area (Å²) in [6.45, 7) is 6.20. The molecule has 1 saturated carbocycles. The molecule has 0 amide bonds. The van der Waals surface area contributed by atoms with Crippen molar-refractivity contribution < 1.29 is 4.39 Å². The first-order valence-corrected chi connectivity index (χ1v) is 5.78. The van der Waals surface area contributed by atoms with Gasteiger partial charge in [0.2, 0.25) is 0 Å². The smallest absolute Gasteiger partial charge is 0.126 e. The molecule has 1 aliphatic rings. The Bertz CT molecular complexity index is 356. The van der Waals surface area contributed by atoms with Gasteiger partial charge in [0.05, 0.1) is 0 Å². The van der Waals surface area contributed by atoms with E-state index in [1.165, 1.54) is 24.8 Å². The molecule has 0 spiro atoms. The Morgan fingerprint density at radius 1 is 1.20 bits per heavy atom. The molecule has 0 heterocycles. The highest BCUT2D eigenvalue weighted by molar-refractivity contribution is 5.32. The largest absolute Gasteiger partial charge is 0.207 e. The van der Waals surface area contributed by atoms with Gasteiger partial charge < -0.3 is 0 Å². The fourth-order valence-corrected chi connectivity index (χ4v) is 2.11. The van der Waals surface area contributed by atoms with Gasteiger partial charge in [-0.05, 0) is 41.4 Å². The second kappa shape index (κ2) is 3.62. The Labute approximate surface area is 91.5 Å². The summed E-state index contributed by atoms with van der Waals surface area (Å²) in [5.74, 6) is 0.622. The zero-order chi connectivity index (χ0) is 11.1. The molecule has 1 heteroatoms. The predicted octanol–water partition coefficient (Wildman–Crippen LogP) is 4.39. The third-order valence-electron chi connectivity index (χ3n) is 3.38. The summed E-state index contributed by atoms with van der Waals surface area (Å²) >= 11 is 0. The van der Waals surface area contributed by atoms with Gasteiger partial charge in [0, 0.05) is 0 Å². The Morgan fingerprint density at radius 3 is 2.33 bits per heavy atom. The van der Waals surface area contributed by atoms with Crippen LogP contribution in [0.3, 0.4) is 0 Å². The molecule has 0 N–H and O–H groups in total. The fourth-order valence-electron chi connectivity index (χ4n) is 2.11. The van der Waals surface area contributed by atoms with E-state index in [-0.39, 0.29) is 11.2 Å². The SMILES string of the molecule is CC(C)(C)c1cc(C2CCC2)ccc1F. The second-order valence-electron chi connectivity index (χ2n) is 5.62. The highest BCUT2D eigenvalue weighted by atomic mass is 19.1. The van der Waals surface area contributed by atoms with Crippen LogP contribution >= 0.6 is 0 Å². The molecular formula is C14H19F. The molecule has 1 aliphatic carbocycles. The van der Waals surface area contributed by atoms with Crippen LogP contribution in [0.25, 0.3) is 0 Å². The van der Waals surface area contributed by atoms with Crippen LogP contribution in [0.15, 0.2) is 18.2 Å². The number of benzene rings is 1. The van der Waals surface area contributed by atoms with Gasteiger partial charge >= 0.3 is 0 Å². The normalized spacial score (nSPS) is 17.6. The summed E-state index contributed by atoms with van der Waals surface area (Å²) in [4.78, 5) is 0. The monoisotopic (exact) mass is 206 g/mol. The van der Waals surface area contributed by atoms with E-state index >= 15 is 0 Å². The maximum absolute atomic E-state index is 13.7. The van der Waals surface area contributed by atoms with E-state index in [2.05, 4.69) is 26.8 Å². The standard InChI is InChI=1S/C14H19F/c1-14(2,3)12-9-11(7-8-13(12)15)10-5-4-6-10/h7-10H,4-6H2,1-3H3. The van der Waals surface area contributed by atoms with Gasteiger partial charge in [-0.3, -0.25) is 0 Å². The van der Waals surface area contributed by atoms with Crippen molar-refractivity contribution in [2.24, 2.45) is 0 Å². The lowest BCUT2D eigenvalue weighted by atomic mass is 9.77. The Balaban J connectivity index is 2.36. The van der Waals surface area contributed by atoms with Crippen molar-refractivity contribution in [2.75, 3.05) is 0 Å². The Hall–Kier alpha value is -0.850. The molecule has 0 bridgehead atoms. The van der Waals surface area contributed by atoms with Gasteiger partial charge in [-0.2, -0.15) is 0 Å². The number of halogens is 1. The molecule has 1 aromatic carbocycles. The van der Waals surface area contributed by atoms with E-state index in [9.17, 15) is 4.39 Å². The highest BCUT2D eigenvalue weighted by Gasteiger charge is 2.23. The van der Waals surface area contributed by atoms with Gasteiger partial charge in [0.25, 0.3) is 0 Å². The first-order valence-electron chi connectivity index (χ1n) is 5.78. The minimum atomic E-state index is -0.0934. The van der Waals surface area contributed by atoms with Crippen LogP contribution in [0.4, 0.5) is 4.39 Å². The molecule has 1 aromatic rings. The van der Waals surface area contributed by atoms with E-state index in [1.54, 1.807) is 6.07 Å². The van der Waals surface area contributed by atoms with Crippen molar-refractivity contribution >= 4 is 0 Å². The van der Waals surface area contributed by atoms with Crippen LogP contribution in [-0.2, 0) is 5.41 Å². The average molecular weight is 206 g/mol. The molecule has 0 nitrogen and oxygen atoms in total. The molecule has 1 fully saturated rings. The molecule has 0 saturated heterocycles. The third kappa shape index (κ3) is 2.06. The van der Waals surface area contributed by atoms with Crippen LogP contribution in [-0.4, -0.2) is 0 Å². The minimum absolute atomic E-state index is 0.0643.